The lowest BCUT2D eigenvalue weighted by molar-refractivity contribution is -0.0147. The molecule has 0 saturated carbocycles. The second-order valence-electron chi connectivity index (χ2n) is 6.23. The first kappa shape index (κ1) is 18.3. The average molecular weight is 304 g/mol. The number of aliphatic hydroxyl groups is 1. The Bertz CT molecular complexity index is 237. The molecule has 0 radical (unpaired) electrons. The minimum Gasteiger partial charge on any atom is -0.394 e. The Morgan fingerprint density at radius 2 is 1.80 bits per heavy atom. The van der Waals surface area contributed by atoms with Crippen molar-refractivity contribution >= 4 is 12.6 Å². The second kappa shape index (κ2) is 10.0. The van der Waals surface area contributed by atoms with Gasteiger partial charge in [-0.3, -0.25) is 0 Å². The fraction of sp³-hybridized carbons (Fsp3) is 1.00. The number of ether oxygens (including phenoxy) is 1. The van der Waals surface area contributed by atoms with Crippen molar-refractivity contribution < 1.29 is 9.84 Å². The van der Waals surface area contributed by atoms with E-state index in [9.17, 15) is 0 Å². The molecule has 0 spiro atoms. The lowest BCUT2D eigenvalue weighted by Crippen LogP contribution is -2.44. The van der Waals surface area contributed by atoms with E-state index in [4.69, 9.17) is 9.84 Å². The Morgan fingerprint density at radius 3 is 2.25 bits per heavy atom. The molecule has 0 amide bonds. The summed E-state index contributed by atoms with van der Waals surface area (Å²) in [6.45, 7) is 8.61. The number of likely N-dealkylation sites (tertiary alicyclic amines) is 1. The van der Waals surface area contributed by atoms with Crippen molar-refractivity contribution in [3.63, 3.8) is 0 Å². The molecular weight excluding hydrogens is 270 g/mol. The number of piperidine rings is 1. The minimum absolute atomic E-state index is 0.135. The molecule has 0 atom stereocenters. The van der Waals surface area contributed by atoms with Crippen LogP contribution in [-0.4, -0.2) is 54.7 Å². The van der Waals surface area contributed by atoms with Crippen LogP contribution in [0.4, 0.5) is 0 Å². The van der Waals surface area contributed by atoms with Crippen molar-refractivity contribution in [1.82, 2.24) is 4.90 Å². The van der Waals surface area contributed by atoms with Gasteiger partial charge in [0, 0.05) is 19.6 Å². The molecule has 0 aromatic heterocycles. The SMILES string of the molecule is CCCC(CS)(CCC)CN1CCC(OCCO)CC1. The van der Waals surface area contributed by atoms with Gasteiger partial charge in [-0.2, -0.15) is 12.6 Å². The van der Waals surface area contributed by atoms with Crippen LogP contribution in [0.15, 0.2) is 0 Å². The third kappa shape index (κ3) is 5.92. The fourth-order valence-electron chi connectivity index (χ4n) is 3.48. The fourth-order valence-corrected chi connectivity index (χ4v) is 3.90. The number of rotatable bonds is 10. The van der Waals surface area contributed by atoms with Crippen LogP contribution in [0.25, 0.3) is 0 Å². The number of hydrogen-bond acceptors (Lipinski definition) is 4. The molecule has 0 aromatic carbocycles. The summed E-state index contributed by atoms with van der Waals surface area (Å²) in [5, 5.41) is 8.81. The van der Waals surface area contributed by atoms with Crippen LogP contribution in [0.3, 0.4) is 0 Å². The van der Waals surface area contributed by atoms with E-state index in [0.29, 0.717) is 18.1 Å². The zero-order valence-corrected chi connectivity index (χ0v) is 14.2. The Balaban J connectivity index is 2.42. The third-order valence-electron chi connectivity index (χ3n) is 4.43. The molecule has 120 valence electrons. The molecule has 1 N–H and O–H groups in total. The summed E-state index contributed by atoms with van der Waals surface area (Å²) in [5.74, 6) is 0.996. The molecule has 1 aliphatic rings. The Hall–Kier alpha value is 0.230. The van der Waals surface area contributed by atoms with E-state index in [1.807, 2.05) is 0 Å². The van der Waals surface area contributed by atoms with E-state index in [1.165, 1.54) is 32.2 Å². The first-order valence-electron chi connectivity index (χ1n) is 8.25. The van der Waals surface area contributed by atoms with Crippen molar-refractivity contribution in [1.29, 1.82) is 0 Å². The Kier molecular flexibility index (Phi) is 9.18. The molecule has 1 aliphatic heterocycles. The summed E-state index contributed by atoms with van der Waals surface area (Å²) in [7, 11) is 0. The Labute approximate surface area is 130 Å². The highest BCUT2D eigenvalue weighted by Gasteiger charge is 2.31. The van der Waals surface area contributed by atoms with E-state index < -0.39 is 0 Å². The van der Waals surface area contributed by atoms with Gasteiger partial charge in [-0.1, -0.05) is 26.7 Å². The predicted molar refractivity (Wildman–Crippen MR) is 88.6 cm³/mol. The molecular formula is C16H33NO2S. The van der Waals surface area contributed by atoms with Crippen LogP contribution in [-0.2, 0) is 4.74 Å². The van der Waals surface area contributed by atoms with Gasteiger partial charge in [0.05, 0.1) is 19.3 Å². The van der Waals surface area contributed by atoms with E-state index in [1.54, 1.807) is 0 Å². The van der Waals surface area contributed by atoms with Crippen molar-refractivity contribution in [2.24, 2.45) is 5.41 Å². The van der Waals surface area contributed by atoms with Crippen LogP contribution in [0.5, 0.6) is 0 Å². The van der Waals surface area contributed by atoms with Gasteiger partial charge in [0.15, 0.2) is 0 Å². The molecule has 0 bridgehead atoms. The molecule has 3 nitrogen and oxygen atoms in total. The standard InChI is InChI=1S/C16H33NO2S/c1-3-7-16(14-20,8-4-2)13-17-9-5-15(6-10-17)19-12-11-18/h15,18,20H,3-14H2,1-2H3. The van der Waals surface area contributed by atoms with Gasteiger partial charge in [-0.15, -0.1) is 0 Å². The molecule has 1 rings (SSSR count). The molecule has 0 aliphatic carbocycles. The molecule has 0 aromatic rings. The summed E-state index contributed by atoms with van der Waals surface area (Å²) in [4.78, 5) is 2.60. The van der Waals surface area contributed by atoms with Gasteiger partial charge < -0.3 is 14.7 Å². The van der Waals surface area contributed by atoms with Crippen molar-refractivity contribution in [2.75, 3.05) is 38.6 Å². The van der Waals surface area contributed by atoms with Gasteiger partial charge in [-0.25, -0.2) is 0 Å². The van der Waals surface area contributed by atoms with Crippen LogP contribution < -0.4 is 0 Å². The summed E-state index contributed by atoms with van der Waals surface area (Å²) in [6.07, 6.45) is 7.60. The van der Waals surface area contributed by atoms with Crippen LogP contribution in [0.1, 0.15) is 52.4 Å². The smallest absolute Gasteiger partial charge is 0.0701 e. The highest BCUT2D eigenvalue weighted by Crippen LogP contribution is 2.33. The molecule has 0 unspecified atom stereocenters. The van der Waals surface area contributed by atoms with Crippen LogP contribution in [0.2, 0.25) is 0 Å². The lowest BCUT2D eigenvalue weighted by atomic mass is 9.80. The zero-order chi connectivity index (χ0) is 14.8. The first-order valence-corrected chi connectivity index (χ1v) is 8.88. The number of aliphatic hydroxyl groups excluding tert-OH is 1. The normalized spacial score (nSPS) is 18.6. The first-order chi connectivity index (χ1) is 9.69. The summed E-state index contributed by atoms with van der Waals surface area (Å²) in [6, 6.07) is 0. The highest BCUT2D eigenvalue weighted by molar-refractivity contribution is 7.80. The van der Waals surface area contributed by atoms with E-state index in [-0.39, 0.29) is 6.61 Å². The van der Waals surface area contributed by atoms with Crippen LogP contribution in [0, 0.1) is 5.41 Å². The van der Waals surface area contributed by atoms with Gasteiger partial charge >= 0.3 is 0 Å². The minimum atomic E-state index is 0.135. The summed E-state index contributed by atoms with van der Waals surface area (Å²) < 4.78 is 5.64. The number of nitrogens with zero attached hydrogens (tertiary/aromatic N) is 1. The lowest BCUT2D eigenvalue weighted by Gasteiger charge is -2.40. The zero-order valence-electron chi connectivity index (χ0n) is 13.3. The van der Waals surface area contributed by atoms with Gasteiger partial charge in [0.1, 0.15) is 0 Å². The van der Waals surface area contributed by atoms with E-state index in [0.717, 1.165) is 31.7 Å². The summed E-state index contributed by atoms with van der Waals surface area (Å²) in [5.41, 5.74) is 0.394. The molecule has 1 fully saturated rings. The number of hydrogen-bond donors (Lipinski definition) is 2. The maximum absolute atomic E-state index is 8.81. The third-order valence-corrected chi connectivity index (χ3v) is 5.11. The van der Waals surface area contributed by atoms with Crippen molar-refractivity contribution in [3.05, 3.63) is 0 Å². The average Bonchev–Trinajstić information content (AvgIpc) is 2.47. The number of thiol groups is 1. The van der Waals surface area contributed by atoms with Gasteiger partial charge in [-0.05, 0) is 36.9 Å². The maximum Gasteiger partial charge on any atom is 0.0701 e. The van der Waals surface area contributed by atoms with Gasteiger partial charge in [0.2, 0.25) is 0 Å². The molecule has 4 heteroatoms. The quantitative estimate of drug-likeness (QED) is 0.609. The largest absolute Gasteiger partial charge is 0.394 e. The summed E-state index contributed by atoms with van der Waals surface area (Å²) >= 11 is 4.65. The van der Waals surface area contributed by atoms with E-state index >= 15 is 0 Å². The molecule has 1 saturated heterocycles. The monoisotopic (exact) mass is 303 g/mol. The molecule has 1 heterocycles. The van der Waals surface area contributed by atoms with E-state index in [2.05, 4.69) is 31.4 Å². The topological polar surface area (TPSA) is 32.7 Å². The second-order valence-corrected chi connectivity index (χ2v) is 6.54. The highest BCUT2D eigenvalue weighted by atomic mass is 32.1. The predicted octanol–water partition coefficient (Wildman–Crippen LogP) is 2.98. The van der Waals surface area contributed by atoms with Gasteiger partial charge in [0.25, 0.3) is 0 Å². The molecule has 20 heavy (non-hydrogen) atoms. The maximum atomic E-state index is 8.81. The Morgan fingerprint density at radius 1 is 1.20 bits per heavy atom. The van der Waals surface area contributed by atoms with Crippen molar-refractivity contribution in [2.45, 2.75) is 58.5 Å². The van der Waals surface area contributed by atoms with Crippen LogP contribution >= 0.6 is 12.6 Å². The van der Waals surface area contributed by atoms with Crippen molar-refractivity contribution in [3.8, 4) is 0 Å².